The van der Waals surface area contributed by atoms with Crippen LogP contribution in [-0.2, 0) is 0 Å². The zero-order valence-electron chi connectivity index (χ0n) is 12.6. The zero-order chi connectivity index (χ0) is 16.5. The second-order valence-corrected chi connectivity index (χ2v) is 5.79. The molecule has 1 amide bonds. The fourth-order valence-corrected chi connectivity index (χ4v) is 2.90. The summed E-state index contributed by atoms with van der Waals surface area (Å²) in [5.41, 5.74) is 9.12. The summed E-state index contributed by atoms with van der Waals surface area (Å²) in [5.74, 6) is 0.532. The highest BCUT2D eigenvalue weighted by molar-refractivity contribution is 6.31. The Balaban J connectivity index is 1.77. The number of benzene rings is 1. The zero-order valence-corrected chi connectivity index (χ0v) is 13.3. The van der Waals surface area contributed by atoms with E-state index < -0.39 is 0 Å². The normalized spacial score (nSPS) is 13.7. The monoisotopic (exact) mass is 339 g/mol. The van der Waals surface area contributed by atoms with Crippen molar-refractivity contribution in [1.82, 2.24) is 20.7 Å². The van der Waals surface area contributed by atoms with Gasteiger partial charge in [-0.25, -0.2) is 4.98 Å². The molecule has 7 heteroatoms. The number of carbonyl (C=O) groups excluding carboxylic acids is 1. The number of aromatic amines is 1. The summed E-state index contributed by atoms with van der Waals surface area (Å²) < 4.78 is 0. The summed E-state index contributed by atoms with van der Waals surface area (Å²) in [4.78, 5) is 19.7. The van der Waals surface area contributed by atoms with Crippen LogP contribution < -0.4 is 16.2 Å². The van der Waals surface area contributed by atoms with Gasteiger partial charge >= 0.3 is 0 Å². The number of rotatable bonds is 3. The number of amides is 1. The molecule has 6 nitrogen and oxygen atoms in total. The van der Waals surface area contributed by atoms with Gasteiger partial charge in [-0.3, -0.25) is 15.6 Å². The number of nitrogens with zero attached hydrogens (tertiary/aromatic N) is 1. The lowest BCUT2D eigenvalue weighted by atomic mass is 10.1. The quantitative estimate of drug-likeness (QED) is 0.553. The minimum absolute atomic E-state index is 0.150. The summed E-state index contributed by atoms with van der Waals surface area (Å²) in [7, 11) is 0. The molecule has 1 aliphatic rings. The first-order chi connectivity index (χ1) is 11.7. The molecule has 4 N–H and O–H groups in total. The highest BCUT2D eigenvalue weighted by Crippen LogP contribution is 2.31. The Kier molecular flexibility index (Phi) is 3.59. The fraction of sp³-hybridized carbons (Fsp3) is 0.0588. The van der Waals surface area contributed by atoms with Crippen LogP contribution in [0.1, 0.15) is 16.1 Å². The molecule has 1 aliphatic heterocycles. The van der Waals surface area contributed by atoms with Crippen LogP contribution >= 0.6 is 11.6 Å². The minimum atomic E-state index is -0.150. The molecule has 0 atom stereocenters. The van der Waals surface area contributed by atoms with Gasteiger partial charge in [0, 0.05) is 34.2 Å². The van der Waals surface area contributed by atoms with Crippen LogP contribution in [0.25, 0.3) is 16.6 Å². The Morgan fingerprint density at radius 2 is 2.08 bits per heavy atom. The van der Waals surface area contributed by atoms with Gasteiger partial charge in [0.25, 0.3) is 5.91 Å². The molecule has 24 heavy (non-hydrogen) atoms. The van der Waals surface area contributed by atoms with Gasteiger partial charge in [-0.05, 0) is 36.4 Å². The van der Waals surface area contributed by atoms with Crippen molar-refractivity contribution >= 4 is 39.9 Å². The number of H-pyrrole nitrogens is 1. The van der Waals surface area contributed by atoms with Crippen LogP contribution in [0, 0.1) is 0 Å². The van der Waals surface area contributed by atoms with Gasteiger partial charge in [-0.1, -0.05) is 17.7 Å². The molecule has 3 aromatic rings. The molecule has 1 aromatic carbocycles. The molecule has 120 valence electrons. The summed E-state index contributed by atoms with van der Waals surface area (Å²) in [6.45, 7) is 0.426. The molecule has 0 saturated carbocycles. The first kappa shape index (κ1) is 14.6. The van der Waals surface area contributed by atoms with Gasteiger partial charge in [0.15, 0.2) is 0 Å². The van der Waals surface area contributed by atoms with Crippen LogP contribution in [0.3, 0.4) is 0 Å². The Morgan fingerprint density at radius 3 is 2.92 bits per heavy atom. The molecule has 3 heterocycles. The number of nitrogens with one attached hydrogen (secondary N) is 4. The second kappa shape index (κ2) is 5.90. The highest BCUT2D eigenvalue weighted by atomic mass is 35.5. The number of pyridine rings is 1. The van der Waals surface area contributed by atoms with Crippen molar-refractivity contribution in [3.8, 4) is 0 Å². The number of carbonyl (C=O) groups is 1. The molecule has 4 rings (SSSR count). The van der Waals surface area contributed by atoms with E-state index >= 15 is 0 Å². The number of hydrogen-bond acceptors (Lipinski definition) is 4. The van der Waals surface area contributed by atoms with E-state index in [2.05, 4.69) is 26.1 Å². The van der Waals surface area contributed by atoms with E-state index in [4.69, 9.17) is 11.6 Å². The summed E-state index contributed by atoms with van der Waals surface area (Å²) in [6, 6.07) is 11.1. The first-order valence-electron chi connectivity index (χ1n) is 7.45. The summed E-state index contributed by atoms with van der Waals surface area (Å²) in [5, 5.41) is 4.34. The molecule has 0 fully saturated rings. The fourth-order valence-electron chi connectivity index (χ4n) is 2.73. The van der Waals surface area contributed by atoms with Gasteiger partial charge < -0.3 is 10.3 Å². The average molecular weight is 340 g/mol. The number of halogens is 1. The van der Waals surface area contributed by atoms with Crippen molar-refractivity contribution in [2.24, 2.45) is 0 Å². The average Bonchev–Trinajstić information content (AvgIpc) is 2.89. The molecule has 2 aromatic heterocycles. The van der Waals surface area contributed by atoms with Crippen molar-refractivity contribution in [2.75, 3.05) is 12.0 Å². The van der Waals surface area contributed by atoms with Crippen molar-refractivity contribution in [2.45, 2.75) is 0 Å². The molecule has 0 unspecified atom stereocenters. The van der Waals surface area contributed by atoms with Crippen LogP contribution in [0.15, 0.2) is 48.7 Å². The van der Waals surface area contributed by atoms with Crippen LogP contribution in [-0.4, -0.2) is 22.4 Å². The van der Waals surface area contributed by atoms with Crippen molar-refractivity contribution in [3.05, 3.63) is 65.0 Å². The summed E-state index contributed by atoms with van der Waals surface area (Å²) in [6.07, 6.45) is 3.61. The number of hydrogen-bond donors (Lipinski definition) is 4. The number of anilines is 1. The van der Waals surface area contributed by atoms with E-state index in [1.165, 1.54) is 0 Å². The van der Waals surface area contributed by atoms with E-state index in [0.717, 1.165) is 22.2 Å². The third kappa shape index (κ3) is 2.57. The first-order valence-corrected chi connectivity index (χ1v) is 7.83. The van der Waals surface area contributed by atoms with E-state index in [1.807, 2.05) is 36.4 Å². The third-order valence-corrected chi connectivity index (χ3v) is 4.05. The number of aromatic nitrogens is 2. The van der Waals surface area contributed by atoms with Crippen LogP contribution in [0.2, 0.25) is 5.02 Å². The molecule has 0 radical (unpaired) electrons. The van der Waals surface area contributed by atoms with E-state index in [0.29, 0.717) is 23.1 Å². The lowest BCUT2D eigenvalue weighted by molar-refractivity contribution is 0.0954. The predicted octanol–water partition coefficient (Wildman–Crippen LogP) is 2.92. The molecule has 0 bridgehead atoms. The number of fused-ring (bicyclic) bond motifs is 3. The summed E-state index contributed by atoms with van der Waals surface area (Å²) >= 11 is 6.14. The maximum atomic E-state index is 12.3. The van der Waals surface area contributed by atoms with Crippen LogP contribution in [0.5, 0.6) is 0 Å². The van der Waals surface area contributed by atoms with Crippen molar-refractivity contribution in [1.29, 1.82) is 0 Å². The Labute approximate surface area is 142 Å². The Bertz CT molecular complexity index is 948. The largest absolute Gasteiger partial charge is 0.350 e. The Hall–Kier alpha value is -2.99. The highest BCUT2D eigenvalue weighted by Gasteiger charge is 2.23. The smallest absolute Gasteiger partial charge is 0.268 e. The molecular formula is C17H14ClN5O. The minimum Gasteiger partial charge on any atom is -0.350 e. The van der Waals surface area contributed by atoms with Crippen LogP contribution in [0.4, 0.5) is 5.82 Å². The maximum Gasteiger partial charge on any atom is 0.268 e. The molecule has 0 spiro atoms. The van der Waals surface area contributed by atoms with Gasteiger partial charge in [0.2, 0.25) is 0 Å². The molecule has 0 saturated heterocycles. The van der Waals surface area contributed by atoms with E-state index in [1.54, 1.807) is 12.3 Å². The Morgan fingerprint density at radius 1 is 1.17 bits per heavy atom. The number of hydrazine groups is 1. The second-order valence-electron chi connectivity index (χ2n) is 5.36. The lowest BCUT2D eigenvalue weighted by Gasteiger charge is -2.12. The molecular weight excluding hydrogens is 326 g/mol. The SMILES string of the molecule is O=C1NCC=C(NNc2ccccn2)c2c1[nH]c1ccc(Cl)cc21. The van der Waals surface area contributed by atoms with Gasteiger partial charge in [-0.15, -0.1) is 0 Å². The third-order valence-electron chi connectivity index (χ3n) is 3.82. The molecule has 0 aliphatic carbocycles. The van der Waals surface area contributed by atoms with Gasteiger partial charge in [0.05, 0.1) is 5.70 Å². The van der Waals surface area contributed by atoms with Gasteiger partial charge in [-0.2, -0.15) is 0 Å². The van der Waals surface area contributed by atoms with Crippen molar-refractivity contribution < 1.29 is 4.79 Å². The maximum absolute atomic E-state index is 12.3. The lowest BCUT2D eigenvalue weighted by Crippen LogP contribution is -2.22. The van der Waals surface area contributed by atoms with Crippen molar-refractivity contribution in [3.63, 3.8) is 0 Å². The van der Waals surface area contributed by atoms with E-state index in [-0.39, 0.29) is 5.91 Å². The topological polar surface area (TPSA) is 81.8 Å². The van der Waals surface area contributed by atoms with Gasteiger partial charge in [0.1, 0.15) is 11.5 Å². The predicted molar refractivity (Wildman–Crippen MR) is 94.6 cm³/mol. The standard InChI is InChI=1S/C17H14ClN5O/c18-10-4-5-12-11(9-10)15-13(6-8-20-17(24)16(15)21-12)22-23-14-3-1-2-7-19-14/h1-7,9,21-22H,8H2,(H,19,23)(H,20,24). The van der Waals surface area contributed by atoms with E-state index in [9.17, 15) is 4.79 Å².